The standard InChI is InChI=1S/C30H52NO10P/c1-3-5-6-7-8-9-10-11-12-13-14-15-16-17-18-19-20-22-28(33)31-27(30(35)36)25-41-42(37,38)40-24-26(32)23-39-29(34)21-4-2/h5-6,8-9,11-12,26-27,32H,3-4,7,10,13-25H2,1-2H3,(H,31,33)(H,35,36)(H,37,38)/b6-5-,9-8-,12-11-. The minimum atomic E-state index is -4.72. The van der Waals surface area contributed by atoms with E-state index in [1.807, 2.05) is 0 Å². The van der Waals surface area contributed by atoms with Gasteiger partial charge in [0.2, 0.25) is 5.91 Å². The molecule has 4 N–H and O–H groups in total. The summed E-state index contributed by atoms with van der Waals surface area (Å²) in [5.74, 6) is -2.45. The number of aliphatic hydroxyl groups excluding tert-OH is 1. The molecule has 11 nitrogen and oxygen atoms in total. The number of allylic oxidation sites excluding steroid dienone is 6. The molecule has 12 heteroatoms. The number of phosphoric ester groups is 1. The number of phosphoric acid groups is 1. The highest BCUT2D eigenvalue weighted by molar-refractivity contribution is 7.47. The van der Waals surface area contributed by atoms with Gasteiger partial charge in [0.25, 0.3) is 0 Å². The first-order chi connectivity index (χ1) is 20.1. The van der Waals surface area contributed by atoms with Crippen molar-refractivity contribution in [3.63, 3.8) is 0 Å². The van der Waals surface area contributed by atoms with Gasteiger partial charge in [-0.3, -0.25) is 18.6 Å². The molecule has 3 atom stereocenters. The maximum Gasteiger partial charge on any atom is 0.472 e. The number of carbonyl (C=O) groups is 3. The van der Waals surface area contributed by atoms with Crippen molar-refractivity contribution in [2.24, 2.45) is 0 Å². The van der Waals surface area contributed by atoms with E-state index < -0.39 is 57.6 Å². The van der Waals surface area contributed by atoms with Gasteiger partial charge in [0.15, 0.2) is 6.04 Å². The molecule has 0 aromatic rings. The number of unbranched alkanes of at least 4 members (excludes halogenated alkanes) is 7. The number of rotatable bonds is 27. The third kappa shape index (κ3) is 25.4. The number of esters is 1. The summed E-state index contributed by atoms with van der Waals surface area (Å²) in [5.41, 5.74) is 0. The molecule has 0 saturated heterocycles. The van der Waals surface area contributed by atoms with E-state index >= 15 is 0 Å². The number of amides is 1. The molecule has 0 rings (SSSR count). The number of aliphatic carboxylic acids is 1. The van der Waals surface area contributed by atoms with Gasteiger partial charge in [-0.15, -0.1) is 0 Å². The second kappa shape index (κ2) is 26.3. The first-order valence-corrected chi connectivity index (χ1v) is 16.5. The van der Waals surface area contributed by atoms with Crippen LogP contribution in [-0.2, 0) is 32.7 Å². The maximum absolute atomic E-state index is 12.2. The lowest BCUT2D eigenvalue weighted by atomic mass is 10.1. The van der Waals surface area contributed by atoms with Crippen LogP contribution in [0, 0.1) is 0 Å². The Morgan fingerprint density at radius 3 is 1.98 bits per heavy atom. The number of hydrogen-bond donors (Lipinski definition) is 4. The van der Waals surface area contributed by atoms with Crippen LogP contribution in [0.1, 0.15) is 104 Å². The van der Waals surface area contributed by atoms with Gasteiger partial charge in [-0.1, -0.05) is 82.4 Å². The summed E-state index contributed by atoms with van der Waals surface area (Å²) in [4.78, 5) is 44.6. The molecule has 42 heavy (non-hydrogen) atoms. The fourth-order valence-corrected chi connectivity index (χ4v) is 4.37. The average molecular weight is 618 g/mol. The zero-order chi connectivity index (χ0) is 31.5. The van der Waals surface area contributed by atoms with Crippen LogP contribution in [0.25, 0.3) is 0 Å². The van der Waals surface area contributed by atoms with Crippen LogP contribution in [0.5, 0.6) is 0 Å². The Morgan fingerprint density at radius 1 is 0.786 bits per heavy atom. The maximum atomic E-state index is 12.2. The van der Waals surface area contributed by atoms with Gasteiger partial charge >= 0.3 is 19.8 Å². The Kier molecular flexibility index (Phi) is 24.9. The monoisotopic (exact) mass is 617 g/mol. The molecule has 0 fully saturated rings. The summed E-state index contributed by atoms with van der Waals surface area (Å²) in [6.45, 7) is 2.00. The zero-order valence-electron chi connectivity index (χ0n) is 25.3. The number of nitrogens with one attached hydrogen (secondary N) is 1. The minimum Gasteiger partial charge on any atom is -0.480 e. The van der Waals surface area contributed by atoms with E-state index in [9.17, 15) is 34.1 Å². The van der Waals surface area contributed by atoms with Gasteiger partial charge in [0, 0.05) is 12.8 Å². The Morgan fingerprint density at radius 2 is 1.36 bits per heavy atom. The zero-order valence-corrected chi connectivity index (χ0v) is 26.2. The van der Waals surface area contributed by atoms with Crippen LogP contribution in [0.3, 0.4) is 0 Å². The van der Waals surface area contributed by atoms with E-state index in [2.05, 4.69) is 57.7 Å². The van der Waals surface area contributed by atoms with E-state index in [0.29, 0.717) is 12.8 Å². The molecule has 0 radical (unpaired) electrons. The Labute approximate surface area is 251 Å². The van der Waals surface area contributed by atoms with Crippen LogP contribution >= 0.6 is 7.82 Å². The molecule has 3 unspecified atom stereocenters. The number of carboxylic acid groups (broad SMARTS) is 1. The van der Waals surface area contributed by atoms with E-state index in [-0.39, 0.29) is 12.8 Å². The molecule has 0 aliphatic heterocycles. The number of hydrogen-bond acceptors (Lipinski definition) is 8. The molecule has 0 aromatic heterocycles. The molecule has 0 aliphatic carbocycles. The summed E-state index contributed by atoms with van der Waals surface area (Å²) in [7, 11) is -4.72. The first kappa shape index (κ1) is 39.7. The van der Waals surface area contributed by atoms with Gasteiger partial charge in [-0.25, -0.2) is 9.36 Å². The topological polar surface area (TPSA) is 169 Å². The van der Waals surface area contributed by atoms with Crippen LogP contribution in [0.4, 0.5) is 0 Å². The number of ether oxygens (including phenoxy) is 1. The summed E-state index contributed by atoms with van der Waals surface area (Å²) in [6.07, 6.45) is 23.7. The molecule has 0 spiro atoms. The van der Waals surface area contributed by atoms with Gasteiger partial charge in [-0.05, 0) is 44.9 Å². The van der Waals surface area contributed by atoms with Crippen molar-refractivity contribution in [3.8, 4) is 0 Å². The smallest absolute Gasteiger partial charge is 0.472 e. The van der Waals surface area contributed by atoms with Gasteiger partial charge in [0.1, 0.15) is 12.7 Å². The highest BCUT2D eigenvalue weighted by atomic mass is 31.2. The molecule has 0 bridgehead atoms. The minimum absolute atomic E-state index is 0.133. The predicted molar refractivity (Wildman–Crippen MR) is 162 cm³/mol. The molecule has 0 saturated carbocycles. The SMILES string of the molecule is CC/C=C\C/C=C\C/C=C\CCCCCCCCCC(=O)NC(COP(=O)(O)OCC(O)COC(=O)CCC)C(=O)O. The lowest BCUT2D eigenvalue weighted by molar-refractivity contribution is -0.147. The summed E-state index contributed by atoms with van der Waals surface area (Å²) < 4.78 is 26.1. The molecule has 0 aromatic carbocycles. The molecule has 242 valence electrons. The predicted octanol–water partition coefficient (Wildman–Crippen LogP) is 5.76. The Hall–Kier alpha value is -2.30. The van der Waals surface area contributed by atoms with Crippen molar-refractivity contribution in [2.45, 2.75) is 116 Å². The fraction of sp³-hybridized carbons (Fsp3) is 0.700. The van der Waals surface area contributed by atoms with Gasteiger partial charge in [0.05, 0.1) is 13.2 Å². The van der Waals surface area contributed by atoms with Crippen LogP contribution < -0.4 is 5.32 Å². The fourth-order valence-electron chi connectivity index (χ4n) is 3.60. The van der Waals surface area contributed by atoms with E-state index in [0.717, 1.165) is 64.2 Å². The normalized spacial score (nSPS) is 14.8. The second-order valence-corrected chi connectivity index (χ2v) is 11.4. The van der Waals surface area contributed by atoms with Crippen LogP contribution in [0.15, 0.2) is 36.5 Å². The molecule has 0 aliphatic rings. The Bertz CT molecular complexity index is 874. The average Bonchev–Trinajstić information content (AvgIpc) is 2.94. The quantitative estimate of drug-likeness (QED) is 0.0385. The molecule has 1 amide bonds. The van der Waals surface area contributed by atoms with E-state index in [4.69, 9.17) is 4.74 Å². The summed E-state index contributed by atoms with van der Waals surface area (Å²) >= 11 is 0. The van der Waals surface area contributed by atoms with Crippen LogP contribution in [0.2, 0.25) is 0 Å². The molecule has 0 heterocycles. The highest BCUT2D eigenvalue weighted by Crippen LogP contribution is 2.43. The van der Waals surface area contributed by atoms with Crippen molar-refractivity contribution < 1.29 is 47.8 Å². The van der Waals surface area contributed by atoms with E-state index in [1.54, 1.807) is 6.92 Å². The van der Waals surface area contributed by atoms with Crippen LogP contribution in [-0.4, -0.2) is 64.9 Å². The van der Waals surface area contributed by atoms with Crippen molar-refractivity contribution >= 4 is 25.7 Å². The van der Waals surface area contributed by atoms with Crippen molar-refractivity contribution in [1.82, 2.24) is 5.32 Å². The number of carbonyl (C=O) groups excluding carboxylic acids is 2. The largest absolute Gasteiger partial charge is 0.480 e. The highest BCUT2D eigenvalue weighted by Gasteiger charge is 2.28. The van der Waals surface area contributed by atoms with Gasteiger partial charge < -0.3 is 25.2 Å². The van der Waals surface area contributed by atoms with Crippen molar-refractivity contribution in [1.29, 1.82) is 0 Å². The number of carboxylic acids is 1. The lowest BCUT2D eigenvalue weighted by Gasteiger charge is -2.18. The second-order valence-electron chi connectivity index (χ2n) is 9.91. The molecular formula is C30H52NO10P. The van der Waals surface area contributed by atoms with E-state index in [1.165, 1.54) is 0 Å². The third-order valence-electron chi connectivity index (χ3n) is 5.91. The van der Waals surface area contributed by atoms with Gasteiger partial charge in [-0.2, -0.15) is 0 Å². The van der Waals surface area contributed by atoms with Crippen molar-refractivity contribution in [3.05, 3.63) is 36.5 Å². The Balaban J connectivity index is 3.98. The molecular weight excluding hydrogens is 565 g/mol. The third-order valence-corrected chi connectivity index (χ3v) is 6.86. The summed E-state index contributed by atoms with van der Waals surface area (Å²) in [5, 5.41) is 21.3. The van der Waals surface area contributed by atoms with Crippen molar-refractivity contribution in [2.75, 3.05) is 19.8 Å². The lowest BCUT2D eigenvalue weighted by Crippen LogP contribution is -2.43. The first-order valence-electron chi connectivity index (χ1n) is 15.0. The number of aliphatic hydroxyl groups is 1. The summed E-state index contributed by atoms with van der Waals surface area (Å²) in [6, 6.07) is -1.55.